The van der Waals surface area contributed by atoms with Crippen molar-refractivity contribution in [1.82, 2.24) is 30.2 Å². The number of rotatable bonds is 16. The molecule has 0 spiro atoms. The van der Waals surface area contributed by atoms with E-state index in [2.05, 4.69) is 384 Å². The molecule has 2 aliphatic rings. The predicted octanol–water partition coefficient (Wildman–Crippen LogP) is 21.0. The molecule has 2 aromatic heterocycles. The average Bonchev–Trinajstić information content (AvgIpc) is 0.807. The van der Waals surface area contributed by atoms with Gasteiger partial charge in [0.25, 0.3) is 11.1 Å². The van der Waals surface area contributed by atoms with Crippen LogP contribution >= 0.6 is 43.3 Å². The van der Waals surface area contributed by atoms with E-state index in [9.17, 15) is 19.2 Å². The van der Waals surface area contributed by atoms with E-state index in [-0.39, 0.29) is 45.1 Å². The molecule has 20 aromatic rings. The van der Waals surface area contributed by atoms with Crippen molar-refractivity contribution >= 4 is 153 Å². The van der Waals surface area contributed by atoms with Gasteiger partial charge in [-0.25, -0.2) is 19.8 Å². The Kier molecular flexibility index (Phi) is 37.8. The maximum absolute atomic E-state index is 12.5. The molecule has 14 nitrogen and oxygen atoms in total. The zero-order valence-electron chi connectivity index (χ0n) is 75.5. The molecule has 4 heterocycles. The fraction of sp³-hybridized carbons (Fsp3) is 0.0420. The number of benzene rings is 18. The summed E-state index contributed by atoms with van der Waals surface area (Å²) >= 11 is 5.75. The van der Waals surface area contributed by atoms with Gasteiger partial charge in [-0.15, -0.1) is 0 Å². The van der Waals surface area contributed by atoms with Crippen LogP contribution in [-0.4, -0.2) is 59.5 Å². The van der Waals surface area contributed by atoms with Crippen LogP contribution in [0.15, 0.2) is 519 Å². The largest absolute Gasteiger partial charge is 0.488 e. The van der Waals surface area contributed by atoms with Crippen molar-refractivity contribution in [2.75, 3.05) is 0 Å². The standard InChI is InChI=1S/C23H17N3O3.4C18H15P.C15H14BNO4.C8H5ClN2O.CH4.Pd/c27-22-20-8-4-3-7-19(20)21(24-25-22)15-9-11-18(12-10-15)29-23(28)26-13-16-5-1-2-6-17(16)14-26;4*1-4-10-16(11-5-1)19(17-12-6-2-7-13-17)18-14-8-3-9-15-18;18-15(17-9-11-3-1-2-4-12(11)10-17)21-14-7-5-13(6-8-14)16(19)20;9-7-5-3-1-2-4-6(5)8(12)11-10-7;;/h1-12H,13-14H2,(H,25,27);4*1-15H;1-8,19-20H,9-10H2;1-4H,(H,11,12);1H4;. The van der Waals surface area contributed by atoms with Crippen molar-refractivity contribution in [3.05, 3.63) is 558 Å². The van der Waals surface area contributed by atoms with Crippen molar-refractivity contribution in [2.45, 2.75) is 33.6 Å². The number of H-pyrrole nitrogens is 2. The number of nitrogens with zero attached hydrogens (tertiary/aromatic N) is 4. The van der Waals surface area contributed by atoms with Crippen molar-refractivity contribution in [2.24, 2.45) is 0 Å². The minimum absolute atomic E-state index is 0. The molecule has 18 aromatic carbocycles. The monoisotopic (exact) mass is 2020 g/mol. The third-order valence-electron chi connectivity index (χ3n) is 22.4. The maximum atomic E-state index is 12.5. The van der Waals surface area contributed by atoms with Gasteiger partial charge >= 0.3 is 19.3 Å². The van der Waals surface area contributed by atoms with Gasteiger partial charge in [-0.3, -0.25) is 19.4 Å². The fourth-order valence-electron chi connectivity index (χ4n) is 15.8. The quantitative estimate of drug-likeness (QED) is 0.0535. The SMILES string of the molecule is C.O=C(Oc1ccc(-c2n[nH]c(=O)c3ccccc23)cc1)N1Cc2ccccc2C1.O=C(Oc1ccc(B(O)O)cc1)N1Cc2ccccc2C1.O=c1[nH]nc(Cl)c2ccccc12.[Pd].c1ccc(P(c2ccccc2)c2ccccc2)cc1.c1ccc(P(c2ccccc2)c2ccccc2)cc1.c1ccc(P(c2ccccc2)c2ccccc2)cc1.c1ccc(P(c2ccccc2)c2ccccc2)cc1. The molecule has 0 bridgehead atoms. The van der Waals surface area contributed by atoms with Crippen LogP contribution in [0, 0.1) is 0 Å². The summed E-state index contributed by atoms with van der Waals surface area (Å²) in [7, 11) is -3.31. The second kappa shape index (κ2) is 52.3. The van der Waals surface area contributed by atoms with Gasteiger partial charge in [-0.05, 0) is 172 Å². The zero-order chi connectivity index (χ0) is 94.8. The molecule has 0 atom stereocenters. The summed E-state index contributed by atoms with van der Waals surface area (Å²) < 4.78 is 10.8. The number of hydrogen-bond acceptors (Lipinski definition) is 10. The van der Waals surface area contributed by atoms with E-state index in [0.29, 0.717) is 70.1 Å². The summed E-state index contributed by atoms with van der Waals surface area (Å²) in [5, 5.41) is 50.4. The van der Waals surface area contributed by atoms with Gasteiger partial charge in [-0.2, -0.15) is 10.2 Å². The first-order valence-electron chi connectivity index (χ1n) is 45.0. The molecule has 0 radical (unpaired) electrons. The van der Waals surface area contributed by atoms with Gasteiger partial charge in [0.2, 0.25) is 0 Å². The number of halogens is 1. The molecule has 22 rings (SSSR count). The number of ether oxygens (including phenoxy) is 2. The van der Waals surface area contributed by atoms with E-state index in [1.165, 1.54) is 87.9 Å². The molecule has 4 N–H and O–H groups in total. The van der Waals surface area contributed by atoms with Crippen LogP contribution < -0.4 is 89.7 Å². The topological polar surface area (TPSA) is 191 Å². The predicted molar refractivity (Wildman–Crippen MR) is 582 cm³/mol. The van der Waals surface area contributed by atoms with Gasteiger partial charge < -0.3 is 19.5 Å². The van der Waals surface area contributed by atoms with Crippen LogP contribution in [-0.2, 0) is 46.6 Å². The second-order valence-corrected chi connectivity index (χ2v) is 40.9. The van der Waals surface area contributed by atoms with E-state index in [0.717, 1.165) is 33.2 Å². The number of nitrogens with one attached hydrogen (secondary N) is 2. The first-order chi connectivity index (χ1) is 67.9. The molecular weight excluding hydrogens is 1920 g/mol. The van der Waals surface area contributed by atoms with Gasteiger partial charge in [-0.1, -0.05) is 480 Å². The number of aromatic nitrogens is 4. The fourth-order valence-corrected chi connectivity index (χ4v) is 25.2. The minimum Gasteiger partial charge on any atom is -0.423 e. The minimum atomic E-state index is -1.53. The third-order valence-corrected chi connectivity index (χ3v) is 32.5. The van der Waals surface area contributed by atoms with E-state index < -0.39 is 44.9 Å². The third kappa shape index (κ3) is 27.5. The van der Waals surface area contributed by atoms with Gasteiger partial charge in [0, 0.05) is 62.9 Å². The summed E-state index contributed by atoms with van der Waals surface area (Å²) in [5.41, 5.74) is 5.98. The van der Waals surface area contributed by atoms with Crippen LogP contribution in [0.1, 0.15) is 29.7 Å². The van der Waals surface area contributed by atoms with E-state index in [1.807, 2.05) is 84.9 Å². The van der Waals surface area contributed by atoms with Crippen LogP contribution in [0.2, 0.25) is 5.15 Å². The molecule has 0 fully saturated rings. The Morgan fingerprint density at radius 1 is 0.271 bits per heavy atom. The van der Waals surface area contributed by atoms with Crippen molar-refractivity contribution in [3.63, 3.8) is 0 Å². The Balaban J connectivity index is 0.000000131. The van der Waals surface area contributed by atoms with Gasteiger partial charge in [0.1, 0.15) is 11.5 Å². The molecular formula is C119H100BClN6O8P4Pd. The smallest absolute Gasteiger partial charge is 0.423 e. The maximum Gasteiger partial charge on any atom is 0.488 e. The van der Waals surface area contributed by atoms with Crippen LogP contribution in [0.3, 0.4) is 0 Å². The van der Waals surface area contributed by atoms with E-state index >= 15 is 0 Å². The Labute approximate surface area is 840 Å². The van der Waals surface area contributed by atoms with Crippen molar-refractivity contribution in [1.29, 1.82) is 0 Å². The average molecular weight is 2020 g/mol. The molecule has 140 heavy (non-hydrogen) atoms. The summed E-state index contributed by atoms with van der Waals surface area (Å²) in [6.45, 7) is 2.20. The number of hydrogen-bond donors (Lipinski definition) is 4. The van der Waals surface area contributed by atoms with E-state index in [1.54, 1.807) is 46.2 Å². The first-order valence-corrected chi connectivity index (χ1v) is 50.7. The summed E-state index contributed by atoms with van der Waals surface area (Å²) in [4.78, 5) is 51.0. The van der Waals surface area contributed by atoms with Crippen LogP contribution in [0.4, 0.5) is 9.59 Å². The Morgan fingerprint density at radius 2 is 0.471 bits per heavy atom. The summed E-state index contributed by atoms with van der Waals surface area (Å²) in [6.07, 6.45) is -0.787. The summed E-state index contributed by atoms with van der Waals surface area (Å²) in [6, 6.07) is 173. The molecule has 21 heteroatoms. The van der Waals surface area contributed by atoms with Crippen LogP contribution in [0.25, 0.3) is 32.8 Å². The Hall–Kier alpha value is -14.6. The normalized spacial score (nSPS) is 11.2. The molecule has 694 valence electrons. The molecule has 2 amide bonds. The van der Waals surface area contributed by atoms with E-state index in [4.69, 9.17) is 31.1 Å². The first kappa shape index (κ1) is 101. The van der Waals surface area contributed by atoms with Crippen LogP contribution in [0.5, 0.6) is 11.5 Å². The number of amides is 2. The molecule has 0 saturated carbocycles. The molecule has 0 saturated heterocycles. The molecule has 0 unspecified atom stereocenters. The molecule has 0 aliphatic carbocycles. The molecule has 2 aliphatic heterocycles. The number of aromatic amines is 2. The van der Waals surface area contributed by atoms with Crippen molar-refractivity contribution in [3.8, 4) is 22.8 Å². The zero-order valence-corrected chi connectivity index (χ0v) is 81.4. The number of carbonyl (C=O) groups excluding carboxylic acids is 2. The Bertz CT molecular complexity index is 6470. The second-order valence-electron chi connectivity index (χ2n) is 31.7. The number of carbonyl (C=O) groups is 2. The van der Waals surface area contributed by atoms with Crippen molar-refractivity contribution < 1.29 is 49.5 Å². The summed E-state index contributed by atoms with van der Waals surface area (Å²) in [5.74, 6) is 0.837. The number of fused-ring (bicyclic) bond motifs is 4. The van der Waals surface area contributed by atoms with Gasteiger partial charge in [0.15, 0.2) is 5.15 Å². The van der Waals surface area contributed by atoms with Gasteiger partial charge in [0.05, 0.1) is 16.5 Å². The Morgan fingerprint density at radius 3 is 0.707 bits per heavy atom.